The number of esters is 1. The number of fused-ring (bicyclic) bond motifs is 1. The summed E-state index contributed by atoms with van der Waals surface area (Å²) in [5.41, 5.74) is 4.06. The van der Waals surface area contributed by atoms with Gasteiger partial charge < -0.3 is 14.2 Å². The smallest absolute Gasteiger partial charge is 0.340 e. The maximum absolute atomic E-state index is 13.0. The Balaban J connectivity index is 1.39. The summed E-state index contributed by atoms with van der Waals surface area (Å²) >= 11 is 0. The normalized spacial score (nSPS) is 13.5. The Morgan fingerprint density at radius 2 is 1.00 bits per heavy atom. The predicted molar refractivity (Wildman–Crippen MR) is 147 cm³/mol. The molecule has 4 heteroatoms. The maximum Gasteiger partial charge on any atom is 0.340 e. The first kappa shape index (κ1) is 23.6. The Hall–Kier alpha value is -4.83. The molecule has 0 N–H and O–H groups in total. The molecule has 1 aliphatic heterocycles. The number of hydrogen-bond donors (Lipinski definition) is 0. The van der Waals surface area contributed by atoms with Gasteiger partial charge in [0, 0.05) is 16.7 Å². The van der Waals surface area contributed by atoms with E-state index in [1.807, 2.05) is 135 Å². The zero-order valence-electron chi connectivity index (χ0n) is 21.2. The Bertz CT molecular complexity index is 1530. The molecule has 38 heavy (non-hydrogen) atoms. The van der Waals surface area contributed by atoms with Crippen LogP contribution >= 0.6 is 0 Å². The third kappa shape index (κ3) is 4.10. The van der Waals surface area contributed by atoms with E-state index in [-0.39, 0.29) is 5.97 Å². The molecule has 186 valence electrons. The molecule has 0 aromatic heterocycles. The molecule has 0 saturated carbocycles. The Labute approximate surface area is 222 Å². The highest BCUT2D eigenvalue weighted by Crippen LogP contribution is 2.47. The summed E-state index contributed by atoms with van der Waals surface area (Å²) in [5.74, 6) is 2.67. The monoisotopic (exact) mass is 498 g/mol. The van der Waals surface area contributed by atoms with Gasteiger partial charge in [0.05, 0.1) is 5.56 Å². The van der Waals surface area contributed by atoms with Crippen LogP contribution in [0.2, 0.25) is 0 Å². The molecule has 1 aliphatic rings. The molecule has 0 amide bonds. The molecule has 4 nitrogen and oxygen atoms in total. The van der Waals surface area contributed by atoms with Crippen LogP contribution in [0.15, 0.2) is 121 Å². The van der Waals surface area contributed by atoms with Crippen LogP contribution in [0.5, 0.6) is 23.0 Å². The number of hydrogen-bond acceptors (Lipinski definition) is 4. The number of aryl methyl sites for hydroxylation is 2. The number of carbonyl (C=O) groups is 1. The lowest BCUT2D eigenvalue weighted by Gasteiger charge is -2.30. The highest BCUT2D eigenvalue weighted by molar-refractivity contribution is 5.96. The summed E-state index contributed by atoms with van der Waals surface area (Å²) in [4.78, 5) is 13.0. The summed E-state index contributed by atoms with van der Waals surface area (Å²) < 4.78 is 18.5. The zero-order valence-corrected chi connectivity index (χ0v) is 21.2. The van der Waals surface area contributed by atoms with Gasteiger partial charge in [0.15, 0.2) is 5.60 Å². The predicted octanol–water partition coefficient (Wildman–Crippen LogP) is 8.35. The van der Waals surface area contributed by atoms with Gasteiger partial charge in [-0.05, 0) is 67.4 Å². The Kier molecular flexibility index (Phi) is 5.93. The fourth-order valence-electron chi connectivity index (χ4n) is 4.92. The zero-order chi connectivity index (χ0) is 26.1. The van der Waals surface area contributed by atoms with E-state index in [2.05, 4.69) is 0 Å². The summed E-state index contributed by atoms with van der Waals surface area (Å²) in [5, 5.41) is 0. The molecule has 0 bridgehead atoms. The lowest BCUT2D eigenvalue weighted by Crippen LogP contribution is -2.29. The van der Waals surface area contributed by atoms with Gasteiger partial charge in [-0.3, -0.25) is 0 Å². The van der Waals surface area contributed by atoms with Crippen molar-refractivity contribution < 1.29 is 19.0 Å². The van der Waals surface area contributed by atoms with Crippen molar-refractivity contribution in [1.29, 1.82) is 0 Å². The summed E-state index contributed by atoms with van der Waals surface area (Å²) in [6.07, 6.45) is 0. The molecule has 0 spiro atoms. The number of rotatable bonds is 6. The van der Waals surface area contributed by atoms with E-state index in [0.717, 1.165) is 39.3 Å². The van der Waals surface area contributed by atoms with E-state index >= 15 is 0 Å². The first-order chi connectivity index (χ1) is 18.5. The average molecular weight is 499 g/mol. The third-order valence-electron chi connectivity index (χ3n) is 6.94. The highest BCUT2D eigenvalue weighted by atomic mass is 16.6. The van der Waals surface area contributed by atoms with Crippen molar-refractivity contribution in [3.8, 4) is 23.0 Å². The molecule has 6 rings (SSSR count). The second-order valence-corrected chi connectivity index (χ2v) is 9.40. The number of cyclic esters (lactones) is 1. The maximum atomic E-state index is 13.0. The standard InChI is InChI=1S/C34H26O4/c1-23-9-3-7-13-31(23)36-27-19-15-25(16-20-27)34(30-12-6-5-11-29(30)33(35)38-34)26-17-21-28(22-18-26)37-32-14-8-4-10-24(32)2/h3-22H,1-2H3. The van der Waals surface area contributed by atoms with Crippen molar-refractivity contribution in [3.63, 3.8) is 0 Å². The van der Waals surface area contributed by atoms with E-state index in [9.17, 15) is 4.79 Å². The highest BCUT2D eigenvalue weighted by Gasteiger charge is 2.48. The molecule has 5 aromatic carbocycles. The molecule has 0 fully saturated rings. The molecule has 5 aromatic rings. The lowest BCUT2D eigenvalue weighted by molar-refractivity contribution is 0.0251. The first-order valence-corrected chi connectivity index (χ1v) is 12.6. The topological polar surface area (TPSA) is 44.8 Å². The first-order valence-electron chi connectivity index (χ1n) is 12.6. The third-order valence-corrected chi connectivity index (χ3v) is 6.94. The molecule has 0 atom stereocenters. The SMILES string of the molecule is Cc1ccccc1Oc1ccc(C2(c3ccc(Oc4ccccc4C)cc3)OC(=O)c3ccccc32)cc1. The van der Waals surface area contributed by atoms with Gasteiger partial charge in [-0.25, -0.2) is 4.79 Å². The van der Waals surface area contributed by atoms with Gasteiger partial charge in [0.1, 0.15) is 23.0 Å². The molecule has 0 aliphatic carbocycles. The second-order valence-electron chi connectivity index (χ2n) is 9.40. The summed E-state index contributed by atoms with van der Waals surface area (Å²) in [6, 6.07) is 38.8. The van der Waals surface area contributed by atoms with Crippen LogP contribution in [0, 0.1) is 13.8 Å². The van der Waals surface area contributed by atoms with Crippen LogP contribution in [0.25, 0.3) is 0 Å². The van der Waals surface area contributed by atoms with Crippen LogP contribution in [0.1, 0.15) is 38.2 Å². The minimum Gasteiger partial charge on any atom is -0.457 e. The number of para-hydroxylation sites is 2. The van der Waals surface area contributed by atoms with Gasteiger partial charge in [0.25, 0.3) is 0 Å². The van der Waals surface area contributed by atoms with Gasteiger partial charge in [-0.15, -0.1) is 0 Å². The number of benzene rings is 5. The molecular weight excluding hydrogens is 472 g/mol. The summed E-state index contributed by atoms with van der Waals surface area (Å²) in [6.45, 7) is 4.03. The van der Waals surface area contributed by atoms with Gasteiger partial charge in [-0.1, -0.05) is 78.9 Å². The molecule has 0 saturated heterocycles. The largest absolute Gasteiger partial charge is 0.457 e. The average Bonchev–Trinajstić information content (AvgIpc) is 3.25. The quantitative estimate of drug-likeness (QED) is 0.221. The van der Waals surface area contributed by atoms with Crippen molar-refractivity contribution in [1.82, 2.24) is 0 Å². The Morgan fingerprint density at radius 1 is 0.553 bits per heavy atom. The van der Waals surface area contributed by atoms with E-state index in [1.165, 1.54) is 0 Å². The number of ether oxygens (including phenoxy) is 3. The second kappa shape index (κ2) is 9.56. The van der Waals surface area contributed by atoms with Crippen LogP contribution in [-0.4, -0.2) is 5.97 Å². The summed E-state index contributed by atoms with van der Waals surface area (Å²) in [7, 11) is 0. The van der Waals surface area contributed by atoms with E-state index in [1.54, 1.807) is 0 Å². The Morgan fingerprint density at radius 3 is 1.50 bits per heavy atom. The lowest BCUT2D eigenvalue weighted by atomic mass is 9.80. The minimum atomic E-state index is -1.09. The van der Waals surface area contributed by atoms with Gasteiger partial charge in [0.2, 0.25) is 0 Å². The number of carbonyl (C=O) groups excluding carboxylic acids is 1. The van der Waals surface area contributed by atoms with E-state index in [0.29, 0.717) is 17.1 Å². The minimum absolute atomic E-state index is 0.346. The fourth-order valence-corrected chi connectivity index (χ4v) is 4.92. The molecule has 1 heterocycles. The van der Waals surface area contributed by atoms with Crippen LogP contribution in [0.3, 0.4) is 0 Å². The van der Waals surface area contributed by atoms with Crippen LogP contribution < -0.4 is 9.47 Å². The van der Waals surface area contributed by atoms with E-state index in [4.69, 9.17) is 14.2 Å². The van der Waals surface area contributed by atoms with Crippen molar-refractivity contribution in [2.24, 2.45) is 0 Å². The van der Waals surface area contributed by atoms with E-state index < -0.39 is 5.60 Å². The van der Waals surface area contributed by atoms with Crippen molar-refractivity contribution >= 4 is 5.97 Å². The van der Waals surface area contributed by atoms with Crippen molar-refractivity contribution in [3.05, 3.63) is 155 Å². The molecule has 0 radical (unpaired) electrons. The van der Waals surface area contributed by atoms with Gasteiger partial charge in [-0.2, -0.15) is 0 Å². The molecule has 0 unspecified atom stereocenters. The van der Waals surface area contributed by atoms with Crippen LogP contribution in [-0.2, 0) is 10.3 Å². The van der Waals surface area contributed by atoms with Crippen LogP contribution in [0.4, 0.5) is 0 Å². The van der Waals surface area contributed by atoms with Gasteiger partial charge >= 0.3 is 5.97 Å². The van der Waals surface area contributed by atoms with Crippen molar-refractivity contribution in [2.45, 2.75) is 19.4 Å². The molecular formula is C34H26O4. The fraction of sp³-hybridized carbons (Fsp3) is 0.0882. The van der Waals surface area contributed by atoms with Crippen molar-refractivity contribution in [2.75, 3.05) is 0 Å².